The first-order chi connectivity index (χ1) is 3.42. The van der Waals surface area contributed by atoms with Gasteiger partial charge in [-0.05, 0) is 0 Å². The number of alkyl halides is 3. The second kappa shape index (κ2) is 3.80. The van der Waals surface area contributed by atoms with E-state index in [1.165, 1.54) is 0 Å². The zero-order chi connectivity index (χ0) is 6.78. The van der Waals surface area contributed by atoms with Gasteiger partial charge in [0.25, 0.3) is 0 Å². The van der Waals surface area contributed by atoms with Gasteiger partial charge in [-0.25, -0.2) is 0 Å². The predicted octanol–water partition coefficient (Wildman–Crippen LogP) is 0.421. The molecule has 0 unspecified atom stereocenters. The molecule has 0 saturated heterocycles. The Hall–Kier alpha value is -0.143. The number of hydrogen-bond acceptors (Lipinski definition) is 2. The van der Waals surface area contributed by atoms with E-state index in [0.29, 0.717) is 6.92 Å². The summed E-state index contributed by atoms with van der Waals surface area (Å²) in [4.78, 5) is 9.52. The zero-order valence-corrected chi connectivity index (χ0v) is 3.95. The molecule has 0 aliphatic heterocycles. The number of halogens is 3. The first-order valence-electron chi connectivity index (χ1n) is 1.68. The van der Waals surface area contributed by atoms with E-state index in [9.17, 15) is 18.0 Å². The first-order valence-corrected chi connectivity index (χ1v) is 1.68. The average Bonchev–Trinajstić information content (AvgIpc) is 1.21. The van der Waals surface area contributed by atoms with Gasteiger partial charge in [0.15, 0.2) is 0 Å². The van der Waals surface area contributed by atoms with Crippen molar-refractivity contribution < 1.29 is 22.7 Å². The number of esters is 1. The van der Waals surface area contributed by atoms with Crippen LogP contribution in [-0.4, -0.2) is 31.2 Å². The van der Waals surface area contributed by atoms with Gasteiger partial charge in [-0.15, -0.1) is 13.2 Å². The first kappa shape index (κ1) is 11.6. The second-order valence-corrected chi connectivity index (χ2v) is 1.04. The van der Waals surface area contributed by atoms with Gasteiger partial charge in [-0.1, -0.05) is 0 Å². The van der Waals surface area contributed by atoms with E-state index >= 15 is 0 Å². The Kier molecular flexibility index (Phi) is 4.91. The molecule has 0 aliphatic carbocycles. The van der Waals surface area contributed by atoms with Crippen molar-refractivity contribution in [3.05, 3.63) is 0 Å². The van der Waals surface area contributed by atoms with Crippen LogP contribution in [0, 0.1) is 0 Å². The molecular weight excluding hydrogens is 132 g/mol. The molecule has 0 atom stereocenters. The van der Waals surface area contributed by atoms with Crippen LogP contribution in [0.4, 0.5) is 13.2 Å². The molecular formula is C3H4F3LiO2. The van der Waals surface area contributed by atoms with Crippen LogP contribution < -0.4 is 0 Å². The number of ether oxygens (including phenoxy) is 1. The van der Waals surface area contributed by atoms with E-state index in [0.717, 1.165) is 0 Å². The molecule has 0 amide bonds. The maximum atomic E-state index is 10.9. The van der Waals surface area contributed by atoms with E-state index < -0.39 is 12.3 Å². The van der Waals surface area contributed by atoms with Gasteiger partial charge in [0, 0.05) is 6.92 Å². The summed E-state index contributed by atoms with van der Waals surface area (Å²) in [7, 11) is 0. The van der Waals surface area contributed by atoms with Crippen molar-refractivity contribution in [3.63, 3.8) is 0 Å². The Morgan fingerprint density at radius 2 is 1.78 bits per heavy atom. The molecule has 0 aromatic carbocycles. The fraction of sp³-hybridized carbons (Fsp3) is 0.667. The summed E-state index contributed by atoms with van der Waals surface area (Å²) >= 11 is 0. The summed E-state index contributed by atoms with van der Waals surface area (Å²) in [6.07, 6.45) is -4.83. The van der Waals surface area contributed by atoms with E-state index in [4.69, 9.17) is 0 Å². The van der Waals surface area contributed by atoms with Crippen molar-refractivity contribution in [1.82, 2.24) is 0 Å². The summed E-state index contributed by atoms with van der Waals surface area (Å²) in [6, 6.07) is 0. The van der Waals surface area contributed by atoms with Gasteiger partial charge in [0.2, 0.25) is 0 Å². The van der Waals surface area contributed by atoms with Gasteiger partial charge in [0.05, 0.1) is 0 Å². The molecule has 0 bridgehead atoms. The SMILES string of the molecule is CC(=O)OC(F)(F)F.[LiH]. The third-order valence-corrected chi connectivity index (χ3v) is 0.259. The molecule has 9 heavy (non-hydrogen) atoms. The molecule has 0 fully saturated rings. The predicted molar refractivity (Wildman–Crippen MR) is 25.0 cm³/mol. The molecule has 0 heterocycles. The van der Waals surface area contributed by atoms with Crippen LogP contribution >= 0.6 is 0 Å². The van der Waals surface area contributed by atoms with Crippen LogP contribution in [0.5, 0.6) is 0 Å². The topological polar surface area (TPSA) is 26.3 Å². The Morgan fingerprint density at radius 1 is 1.44 bits per heavy atom. The molecule has 0 aromatic rings. The molecule has 0 N–H and O–H groups in total. The van der Waals surface area contributed by atoms with Crippen molar-refractivity contribution in [1.29, 1.82) is 0 Å². The third-order valence-electron chi connectivity index (χ3n) is 0.259. The Bertz CT molecular complexity index is 99.7. The fourth-order valence-electron chi connectivity index (χ4n) is 0.163. The van der Waals surface area contributed by atoms with E-state index in [1.807, 2.05) is 0 Å². The molecule has 0 rings (SSSR count). The maximum absolute atomic E-state index is 10.9. The third kappa shape index (κ3) is 11.4. The minimum absolute atomic E-state index is 0. The number of carbonyl (C=O) groups excluding carboxylic acids is 1. The van der Waals surface area contributed by atoms with Gasteiger partial charge in [-0.3, -0.25) is 4.79 Å². The molecule has 0 radical (unpaired) electrons. The zero-order valence-electron chi connectivity index (χ0n) is 3.95. The quantitative estimate of drug-likeness (QED) is 0.356. The van der Waals surface area contributed by atoms with Crippen LogP contribution in [-0.2, 0) is 9.53 Å². The number of hydrogen-bond donors (Lipinski definition) is 0. The van der Waals surface area contributed by atoms with E-state index in [-0.39, 0.29) is 18.9 Å². The molecule has 50 valence electrons. The molecule has 0 aromatic heterocycles. The molecule has 6 heteroatoms. The van der Waals surface area contributed by atoms with Crippen molar-refractivity contribution in [2.45, 2.75) is 13.3 Å². The van der Waals surface area contributed by atoms with Crippen molar-refractivity contribution in [2.24, 2.45) is 0 Å². The molecule has 0 spiro atoms. The van der Waals surface area contributed by atoms with Crippen LogP contribution in [0.15, 0.2) is 0 Å². The molecule has 2 nitrogen and oxygen atoms in total. The van der Waals surface area contributed by atoms with Crippen molar-refractivity contribution in [3.8, 4) is 0 Å². The second-order valence-electron chi connectivity index (χ2n) is 1.04. The number of rotatable bonds is 0. The number of carbonyl (C=O) groups is 1. The summed E-state index contributed by atoms with van der Waals surface area (Å²) in [6.45, 7) is 0.688. The Morgan fingerprint density at radius 3 is 1.78 bits per heavy atom. The van der Waals surface area contributed by atoms with Crippen LogP contribution in [0.1, 0.15) is 6.92 Å². The summed E-state index contributed by atoms with van der Waals surface area (Å²) in [5.41, 5.74) is 0. The van der Waals surface area contributed by atoms with E-state index in [2.05, 4.69) is 4.74 Å². The van der Waals surface area contributed by atoms with Crippen molar-refractivity contribution >= 4 is 24.8 Å². The van der Waals surface area contributed by atoms with Crippen LogP contribution in [0.2, 0.25) is 0 Å². The van der Waals surface area contributed by atoms with Crippen LogP contribution in [0.25, 0.3) is 0 Å². The van der Waals surface area contributed by atoms with Gasteiger partial charge in [-0.2, -0.15) is 0 Å². The van der Waals surface area contributed by atoms with Crippen molar-refractivity contribution in [2.75, 3.05) is 0 Å². The fourth-order valence-corrected chi connectivity index (χ4v) is 0.163. The molecule has 0 aliphatic rings. The van der Waals surface area contributed by atoms with E-state index in [1.54, 1.807) is 0 Å². The Labute approximate surface area is 61.5 Å². The minimum atomic E-state index is -4.83. The summed E-state index contributed by atoms with van der Waals surface area (Å²) < 4.78 is 35.4. The normalized spacial score (nSPS) is 9.78. The monoisotopic (exact) mass is 136 g/mol. The van der Waals surface area contributed by atoms with Gasteiger partial charge >= 0.3 is 31.2 Å². The standard InChI is InChI=1S/C3H3F3O2.Li.H/c1-2(7)8-3(4,5)6;;/h1H3;;. The summed E-state index contributed by atoms with van der Waals surface area (Å²) in [5, 5.41) is 0. The average molecular weight is 136 g/mol. The summed E-state index contributed by atoms with van der Waals surface area (Å²) in [5.74, 6) is -1.35. The van der Waals surface area contributed by atoms with Gasteiger partial charge < -0.3 is 4.74 Å². The van der Waals surface area contributed by atoms with Gasteiger partial charge in [0.1, 0.15) is 0 Å². The van der Waals surface area contributed by atoms with Crippen LogP contribution in [0.3, 0.4) is 0 Å². The molecule has 0 saturated carbocycles. The Balaban J connectivity index is 0.